The van der Waals surface area contributed by atoms with Crippen molar-refractivity contribution in [2.45, 2.75) is 0 Å². The summed E-state index contributed by atoms with van der Waals surface area (Å²) in [7, 11) is 0. The van der Waals surface area contributed by atoms with E-state index in [2.05, 4.69) is 4.98 Å². The summed E-state index contributed by atoms with van der Waals surface area (Å²) >= 11 is 6.10. The maximum atomic E-state index is 12.7. The lowest BCUT2D eigenvalue weighted by molar-refractivity contribution is 0.103. The molecule has 122 valence electrons. The number of nitrogen functional groups attached to an aromatic ring is 1. The number of nitrogens with two attached hydrogens (primary N) is 1. The smallest absolute Gasteiger partial charge is 0.194 e. The van der Waals surface area contributed by atoms with Crippen LogP contribution >= 0.6 is 11.6 Å². The Labute approximate surface area is 149 Å². The second-order valence-electron chi connectivity index (χ2n) is 5.70. The number of rotatable bonds is 3. The van der Waals surface area contributed by atoms with Crippen LogP contribution in [0.2, 0.25) is 5.02 Å². The highest BCUT2D eigenvalue weighted by molar-refractivity contribution is 6.30. The van der Waals surface area contributed by atoms with E-state index in [-0.39, 0.29) is 5.78 Å². The molecule has 0 aliphatic heterocycles. The molecule has 25 heavy (non-hydrogen) atoms. The maximum absolute atomic E-state index is 12.7. The third kappa shape index (κ3) is 2.77. The largest absolute Gasteiger partial charge is 0.382 e. The van der Waals surface area contributed by atoms with Crippen molar-refractivity contribution >= 4 is 28.8 Å². The van der Waals surface area contributed by atoms with Gasteiger partial charge in [0, 0.05) is 27.9 Å². The molecule has 0 aliphatic carbocycles. The van der Waals surface area contributed by atoms with Crippen LogP contribution in [0.25, 0.3) is 16.9 Å². The van der Waals surface area contributed by atoms with Gasteiger partial charge in [0.15, 0.2) is 11.6 Å². The number of halogens is 1. The molecule has 0 bridgehead atoms. The van der Waals surface area contributed by atoms with Gasteiger partial charge in [0.05, 0.1) is 5.69 Å². The Balaban J connectivity index is 1.88. The van der Waals surface area contributed by atoms with Gasteiger partial charge in [0.1, 0.15) is 5.65 Å². The van der Waals surface area contributed by atoms with Gasteiger partial charge in [-0.05, 0) is 24.3 Å². The molecule has 5 heteroatoms. The van der Waals surface area contributed by atoms with Crippen LogP contribution in [0.5, 0.6) is 0 Å². The number of ketones is 1. The molecule has 0 unspecified atom stereocenters. The highest BCUT2D eigenvalue weighted by Gasteiger charge is 2.15. The minimum atomic E-state index is -0.0492. The normalized spacial score (nSPS) is 10.9. The summed E-state index contributed by atoms with van der Waals surface area (Å²) in [4.78, 5) is 17.1. The summed E-state index contributed by atoms with van der Waals surface area (Å²) in [5.41, 5.74) is 9.57. The number of benzene rings is 2. The predicted octanol–water partition coefficient (Wildman–Crippen LogP) is 4.47. The van der Waals surface area contributed by atoms with Crippen molar-refractivity contribution in [2.75, 3.05) is 5.73 Å². The Morgan fingerprint density at radius 1 is 0.960 bits per heavy atom. The molecule has 0 radical (unpaired) electrons. The number of pyridine rings is 1. The molecule has 4 nitrogen and oxygen atoms in total. The predicted molar refractivity (Wildman–Crippen MR) is 99.9 cm³/mol. The van der Waals surface area contributed by atoms with Crippen molar-refractivity contribution in [3.05, 3.63) is 89.1 Å². The molecular formula is C20H14ClN3O. The second-order valence-corrected chi connectivity index (χ2v) is 6.13. The van der Waals surface area contributed by atoms with Crippen molar-refractivity contribution in [1.29, 1.82) is 0 Å². The average molecular weight is 348 g/mol. The van der Waals surface area contributed by atoms with Gasteiger partial charge < -0.3 is 5.73 Å². The molecule has 2 aromatic carbocycles. The first kappa shape index (κ1) is 15.4. The fourth-order valence-corrected chi connectivity index (χ4v) is 3.07. The van der Waals surface area contributed by atoms with Crippen LogP contribution in [0.15, 0.2) is 72.9 Å². The lowest BCUT2D eigenvalue weighted by Crippen LogP contribution is -2.03. The van der Waals surface area contributed by atoms with E-state index in [9.17, 15) is 4.79 Å². The molecule has 0 aliphatic rings. The van der Waals surface area contributed by atoms with Crippen molar-refractivity contribution < 1.29 is 4.79 Å². The van der Waals surface area contributed by atoms with Crippen LogP contribution in [0.1, 0.15) is 15.9 Å². The molecule has 2 heterocycles. The van der Waals surface area contributed by atoms with Crippen LogP contribution in [-0.2, 0) is 0 Å². The number of anilines is 1. The van der Waals surface area contributed by atoms with E-state index in [1.165, 1.54) is 0 Å². The third-order valence-electron chi connectivity index (χ3n) is 4.04. The number of carbonyl (C=O) groups excluding carboxylic acids is 1. The molecular weight excluding hydrogens is 334 g/mol. The summed E-state index contributed by atoms with van der Waals surface area (Å²) in [5, 5.41) is 0.614. The Morgan fingerprint density at radius 2 is 1.76 bits per heavy atom. The van der Waals surface area contributed by atoms with Gasteiger partial charge in [0.25, 0.3) is 0 Å². The highest BCUT2D eigenvalue weighted by atomic mass is 35.5. The number of imidazole rings is 1. The molecule has 0 amide bonds. The summed E-state index contributed by atoms with van der Waals surface area (Å²) < 4.78 is 1.83. The van der Waals surface area contributed by atoms with Gasteiger partial charge in [-0.2, -0.15) is 0 Å². The monoisotopic (exact) mass is 347 g/mol. The van der Waals surface area contributed by atoms with Gasteiger partial charge in [-0.3, -0.25) is 9.20 Å². The Morgan fingerprint density at radius 3 is 2.52 bits per heavy atom. The van der Waals surface area contributed by atoms with Crippen molar-refractivity contribution in [3.8, 4) is 11.3 Å². The van der Waals surface area contributed by atoms with E-state index in [1.54, 1.807) is 36.5 Å². The average Bonchev–Trinajstić information content (AvgIpc) is 2.96. The lowest BCUT2D eigenvalue weighted by Gasteiger charge is -2.06. The molecule has 2 aromatic heterocycles. The molecule has 0 saturated heterocycles. The van der Waals surface area contributed by atoms with E-state index in [4.69, 9.17) is 17.3 Å². The standard InChI is InChI=1S/C20H14ClN3O/c21-16-8-4-7-14(11-16)18-20(22)23-17-10-9-15(12-24(17)18)19(25)13-5-2-1-3-6-13/h1-12H,22H2. The van der Waals surface area contributed by atoms with Crippen LogP contribution in [0.4, 0.5) is 5.82 Å². The summed E-state index contributed by atoms with van der Waals surface area (Å²) in [6.45, 7) is 0. The zero-order valence-electron chi connectivity index (χ0n) is 13.2. The highest BCUT2D eigenvalue weighted by Crippen LogP contribution is 2.29. The van der Waals surface area contributed by atoms with E-state index >= 15 is 0 Å². The minimum Gasteiger partial charge on any atom is -0.382 e. The zero-order chi connectivity index (χ0) is 17.4. The third-order valence-corrected chi connectivity index (χ3v) is 4.28. The van der Waals surface area contributed by atoms with Crippen molar-refractivity contribution in [3.63, 3.8) is 0 Å². The van der Waals surface area contributed by atoms with Crippen LogP contribution < -0.4 is 5.73 Å². The summed E-state index contributed by atoms with van der Waals surface area (Å²) in [6.07, 6.45) is 1.77. The van der Waals surface area contributed by atoms with E-state index in [1.807, 2.05) is 40.8 Å². The number of aromatic nitrogens is 2. The van der Waals surface area contributed by atoms with Crippen LogP contribution in [0, 0.1) is 0 Å². The molecule has 4 rings (SSSR count). The Bertz CT molecular complexity index is 1090. The molecule has 0 saturated carbocycles. The zero-order valence-corrected chi connectivity index (χ0v) is 13.9. The molecule has 0 atom stereocenters. The molecule has 4 aromatic rings. The number of hydrogen-bond acceptors (Lipinski definition) is 3. The van der Waals surface area contributed by atoms with Gasteiger partial charge in [-0.25, -0.2) is 4.98 Å². The number of nitrogens with zero attached hydrogens (tertiary/aromatic N) is 2. The van der Waals surface area contributed by atoms with Crippen molar-refractivity contribution in [2.24, 2.45) is 0 Å². The Hall–Kier alpha value is -3.11. The van der Waals surface area contributed by atoms with E-state index in [0.717, 1.165) is 11.3 Å². The number of fused-ring (bicyclic) bond motifs is 1. The first-order chi connectivity index (χ1) is 12.1. The topological polar surface area (TPSA) is 60.4 Å². The SMILES string of the molecule is Nc1nc2ccc(C(=O)c3ccccc3)cn2c1-c1cccc(Cl)c1. The fourth-order valence-electron chi connectivity index (χ4n) is 2.88. The molecule has 0 fully saturated rings. The van der Waals surface area contributed by atoms with Gasteiger partial charge in [-0.15, -0.1) is 0 Å². The first-order valence-corrected chi connectivity index (χ1v) is 8.14. The van der Waals surface area contributed by atoms with Gasteiger partial charge in [-0.1, -0.05) is 54.1 Å². The van der Waals surface area contributed by atoms with Gasteiger partial charge >= 0.3 is 0 Å². The fraction of sp³-hybridized carbons (Fsp3) is 0. The van der Waals surface area contributed by atoms with E-state index < -0.39 is 0 Å². The Kier molecular flexibility index (Phi) is 3.75. The number of hydrogen-bond donors (Lipinski definition) is 1. The quantitative estimate of drug-likeness (QED) is 0.556. The summed E-state index contributed by atoms with van der Waals surface area (Å²) in [6, 6.07) is 20.1. The van der Waals surface area contributed by atoms with Crippen molar-refractivity contribution in [1.82, 2.24) is 9.38 Å². The first-order valence-electron chi connectivity index (χ1n) is 7.77. The minimum absolute atomic E-state index is 0.0492. The molecule has 2 N–H and O–H groups in total. The van der Waals surface area contributed by atoms with E-state index in [0.29, 0.717) is 27.6 Å². The maximum Gasteiger partial charge on any atom is 0.194 e. The summed E-state index contributed by atoms with van der Waals surface area (Å²) in [5.74, 6) is 0.346. The second kappa shape index (κ2) is 6.07. The lowest BCUT2D eigenvalue weighted by atomic mass is 10.1. The van der Waals surface area contributed by atoms with Crippen LogP contribution in [0.3, 0.4) is 0 Å². The van der Waals surface area contributed by atoms with Gasteiger partial charge in [0.2, 0.25) is 0 Å². The van der Waals surface area contributed by atoms with Crippen LogP contribution in [-0.4, -0.2) is 15.2 Å². The number of carbonyl (C=O) groups is 1. The molecule has 0 spiro atoms.